The van der Waals surface area contributed by atoms with Crippen molar-refractivity contribution in [2.75, 3.05) is 0 Å². The number of aromatic nitrogens is 2. The van der Waals surface area contributed by atoms with E-state index in [1.165, 1.54) is 12.1 Å². The number of benzene rings is 1. The van der Waals surface area contributed by atoms with Crippen molar-refractivity contribution in [2.24, 2.45) is 13.0 Å². The molecule has 1 N–H and O–H groups in total. The molecule has 1 saturated carbocycles. The number of hydrogen-bond acceptors (Lipinski definition) is 3. The molecule has 0 saturated heterocycles. The Hall–Kier alpha value is -2.48. The fourth-order valence-corrected chi connectivity index (χ4v) is 3.57. The predicted molar refractivity (Wildman–Crippen MR) is 107 cm³/mol. The molecule has 146 valence electrons. The number of nitrogens with one attached hydrogen (secondary N) is 1. The van der Waals surface area contributed by atoms with Gasteiger partial charge in [0.2, 0.25) is 0 Å². The maximum Gasteiger partial charge on any atom is 0.159 e. The predicted octanol–water partition coefficient (Wildman–Crippen LogP) is 3.14. The summed E-state index contributed by atoms with van der Waals surface area (Å²) in [4.78, 5) is 4.19. The Morgan fingerprint density at radius 2 is 2.07 bits per heavy atom. The fraction of sp³-hybridized carbons (Fsp3) is 0.429. The number of hydrogen-bond donors (Lipinski definition) is 1. The Morgan fingerprint density at radius 3 is 2.57 bits per heavy atom. The molecule has 2 unspecified atom stereocenters. The van der Waals surface area contributed by atoms with Crippen LogP contribution in [0.3, 0.4) is 0 Å². The van der Waals surface area contributed by atoms with Gasteiger partial charge in [-0.2, -0.15) is 5.26 Å². The van der Waals surface area contributed by atoms with Gasteiger partial charge in [-0.3, -0.25) is 0 Å². The minimum Gasteiger partial charge on any atom is -0.335 e. The molecule has 1 aliphatic carbocycles. The highest BCUT2D eigenvalue weighted by atomic mass is 32.2. The van der Waals surface area contributed by atoms with E-state index in [2.05, 4.69) is 21.5 Å². The lowest BCUT2D eigenvalue weighted by Crippen LogP contribution is -2.49. The van der Waals surface area contributed by atoms with Gasteiger partial charge in [-0.15, -0.1) is 0 Å². The molecule has 2 atom stereocenters. The van der Waals surface area contributed by atoms with Crippen LogP contribution in [0.4, 0.5) is 4.39 Å². The van der Waals surface area contributed by atoms with Crippen LogP contribution in [0.5, 0.6) is 0 Å². The van der Waals surface area contributed by atoms with E-state index in [-0.39, 0.29) is 5.56 Å². The third-order valence-electron chi connectivity index (χ3n) is 4.57. The standard InChI is InChI=1S/C21H23FN4OS/c1-20(2,3)28(27)25-21(10-9-15-5-6-15,19-13-24-14-26(19)4)17-8-7-16(12-23)18(22)11-17/h7-8,11,13-15,25H,5-6H2,1-4H3. The molecule has 28 heavy (non-hydrogen) atoms. The van der Waals surface area contributed by atoms with Crippen LogP contribution in [0.2, 0.25) is 0 Å². The molecule has 2 aromatic rings. The summed E-state index contributed by atoms with van der Waals surface area (Å²) in [5.74, 6) is 6.16. The normalized spacial score (nSPS) is 17.1. The van der Waals surface area contributed by atoms with Crippen molar-refractivity contribution in [1.29, 1.82) is 5.26 Å². The molecule has 0 radical (unpaired) electrons. The average molecular weight is 399 g/mol. The van der Waals surface area contributed by atoms with Gasteiger partial charge in [0.1, 0.15) is 11.9 Å². The Labute approximate surface area is 167 Å². The number of imidazole rings is 1. The Morgan fingerprint density at radius 1 is 1.36 bits per heavy atom. The molecule has 7 heteroatoms. The summed E-state index contributed by atoms with van der Waals surface area (Å²) in [5, 5.41) is 9.08. The maximum absolute atomic E-state index is 14.5. The zero-order chi connectivity index (χ0) is 20.5. The van der Waals surface area contributed by atoms with Crippen molar-refractivity contribution < 1.29 is 8.60 Å². The number of nitriles is 1. The third-order valence-corrected chi connectivity index (χ3v) is 6.17. The van der Waals surface area contributed by atoms with E-state index in [4.69, 9.17) is 5.26 Å². The minimum absolute atomic E-state index is 0.0465. The third kappa shape index (κ3) is 4.01. The van der Waals surface area contributed by atoms with Gasteiger partial charge in [-0.1, -0.05) is 17.9 Å². The van der Waals surface area contributed by atoms with E-state index in [1.54, 1.807) is 23.2 Å². The first-order valence-electron chi connectivity index (χ1n) is 9.06. The van der Waals surface area contributed by atoms with Gasteiger partial charge < -0.3 is 4.57 Å². The molecule has 1 aliphatic rings. The summed E-state index contributed by atoms with van der Waals surface area (Å²) in [6.07, 6.45) is 5.33. The first kappa shape index (κ1) is 20.3. The Kier molecular flexibility index (Phi) is 5.43. The molecule has 3 rings (SSSR count). The molecule has 0 spiro atoms. The summed E-state index contributed by atoms with van der Waals surface area (Å²) in [7, 11) is 0.328. The molecule has 5 nitrogen and oxygen atoms in total. The SMILES string of the molecule is Cn1cncc1C(C#CC1CC1)(NS(=O)C(C)(C)C)c1ccc(C#N)c(F)c1. The first-order valence-corrected chi connectivity index (χ1v) is 10.2. The molecule has 0 amide bonds. The number of rotatable bonds is 4. The van der Waals surface area contributed by atoms with Crippen molar-refractivity contribution in [3.8, 4) is 17.9 Å². The monoisotopic (exact) mass is 398 g/mol. The molecule has 1 aromatic heterocycles. The lowest BCUT2D eigenvalue weighted by molar-refractivity contribution is 0.550. The zero-order valence-corrected chi connectivity index (χ0v) is 17.2. The highest BCUT2D eigenvalue weighted by Crippen LogP contribution is 2.34. The summed E-state index contributed by atoms with van der Waals surface area (Å²) in [6, 6.07) is 6.21. The van der Waals surface area contributed by atoms with E-state index in [0.717, 1.165) is 12.8 Å². The number of halogens is 1. The van der Waals surface area contributed by atoms with Gasteiger partial charge in [-0.05, 0) is 51.3 Å². The van der Waals surface area contributed by atoms with Crippen LogP contribution >= 0.6 is 0 Å². The molecule has 0 aliphatic heterocycles. The second-order valence-corrected chi connectivity index (χ2v) is 9.94. The van der Waals surface area contributed by atoms with Crippen LogP contribution in [-0.2, 0) is 23.6 Å². The van der Waals surface area contributed by atoms with Crippen molar-refractivity contribution >= 4 is 11.0 Å². The first-order chi connectivity index (χ1) is 13.2. The molecule has 1 aromatic carbocycles. The van der Waals surface area contributed by atoms with Gasteiger partial charge >= 0.3 is 0 Å². The van der Waals surface area contributed by atoms with Gasteiger partial charge in [0.05, 0.1) is 39.5 Å². The van der Waals surface area contributed by atoms with E-state index >= 15 is 0 Å². The second kappa shape index (κ2) is 7.50. The lowest BCUT2D eigenvalue weighted by Gasteiger charge is -2.33. The van der Waals surface area contributed by atoms with Gasteiger partial charge in [0, 0.05) is 13.0 Å². The number of nitrogens with zero attached hydrogens (tertiary/aromatic N) is 3. The molecular weight excluding hydrogens is 375 g/mol. The van der Waals surface area contributed by atoms with E-state index in [1.807, 2.05) is 33.9 Å². The van der Waals surface area contributed by atoms with Crippen LogP contribution in [0, 0.1) is 34.9 Å². The second-order valence-electron chi connectivity index (χ2n) is 7.97. The van der Waals surface area contributed by atoms with E-state index < -0.39 is 27.1 Å². The van der Waals surface area contributed by atoms with E-state index in [0.29, 0.717) is 17.2 Å². The van der Waals surface area contributed by atoms with Crippen LogP contribution < -0.4 is 4.72 Å². The fourth-order valence-electron chi connectivity index (χ4n) is 2.71. The maximum atomic E-state index is 14.5. The van der Waals surface area contributed by atoms with Crippen LogP contribution in [0.25, 0.3) is 0 Å². The van der Waals surface area contributed by atoms with Crippen molar-refractivity contribution in [3.63, 3.8) is 0 Å². The van der Waals surface area contributed by atoms with Crippen LogP contribution in [0.15, 0.2) is 30.7 Å². The lowest BCUT2D eigenvalue weighted by atomic mass is 9.87. The number of aryl methyl sites for hydroxylation is 1. The topological polar surface area (TPSA) is 70.7 Å². The molecule has 0 bridgehead atoms. The van der Waals surface area contributed by atoms with Crippen molar-refractivity contribution in [3.05, 3.63) is 53.4 Å². The summed E-state index contributed by atoms with van der Waals surface area (Å²) >= 11 is 0. The highest BCUT2D eigenvalue weighted by molar-refractivity contribution is 7.84. The van der Waals surface area contributed by atoms with Gasteiger partial charge in [-0.25, -0.2) is 18.3 Å². The smallest absolute Gasteiger partial charge is 0.159 e. The van der Waals surface area contributed by atoms with Gasteiger partial charge in [0.25, 0.3) is 0 Å². The van der Waals surface area contributed by atoms with Crippen molar-refractivity contribution in [2.45, 2.75) is 43.9 Å². The van der Waals surface area contributed by atoms with E-state index in [9.17, 15) is 8.60 Å². The summed E-state index contributed by atoms with van der Waals surface area (Å²) < 4.78 is 32.0. The van der Waals surface area contributed by atoms with Crippen molar-refractivity contribution in [1.82, 2.24) is 14.3 Å². The zero-order valence-electron chi connectivity index (χ0n) is 16.4. The minimum atomic E-state index is -1.49. The van der Waals surface area contributed by atoms with Crippen LogP contribution in [0.1, 0.15) is 50.4 Å². The highest BCUT2D eigenvalue weighted by Gasteiger charge is 2.40. The largest absolute Gasteiger partial charge is 0.335 e. The molecular formula is C21H23FN4OS. The Balaban J connectivity index is 2.25. The quantitative estimate of drug-likeness (QED) is 0.805. The van der Waals surface area contributed by atoms with Gasteiger partial charge in [0.15, 0.2) is 5.54 Å². The van der Waals surface area contributed by atoms with Crippen LogP contribution in [-0.4, -0.2) is 18.5 Å². The molecule has 1 fully saturated rings. The molecule has 1 heterocycles. The average Bonchev–Trinajstić information content (AvgIpc) is 3.37. The summed E-state index contributed by atoms with van der Waals surface area (Å²) in [5.41, 5.74) is -0.128. The summed E-state index contributed by atoms with van der Waals surface area (Å²) in [6.45, 7) is 5.58. The Bertz CT molecular complexity index is 1020.